The number of benzene rings is 1. The second kappa shape index (κ2) is 9.86. The molecule has 1 fully saturated rings. The first-order valence-corrected chi connectivity index (χ1v) is 10.8. The zero-order chi connectivity index (χ0) is 19.2. The SMILES string of the molecule is CN(C)CCCCCC1=C[C@H]2C[C@@H](O)[C@H](CC[C@@H](O)c3ccccc3)[C@H]2C1. The number of hydrogen-bond acceptors (Lipinski definition) is 3. The van der Waals surface area contributed by atoms with Gasteiger partial charge in [0.1, 0.15) is 0 Å². The van der Waals surface area contributed by atoms with E-state index in [1.54, 1.807) is 5.57 Å². The third kappa shape index (κ3) is 5.66. The summed E-state index contributed by atoms with van der Waals surface area (Å²) >= 11 is 0. The van der Waals surface area contributed by atoms with Crippen LogP contribution in [0.4, 0.5) is 0 Å². The van der Waals surface area contributed by atoms with Gasteiger partial charge in [-0.2, -0.15) is 0 Å². The van der Waals surface area contributed by atoms with E-state index in [0.29, 0.717) is 17.8 Å². The minimum atomic E-state index is -0.414. The Kier molecular flexibility index (Phi) is 7.51. The molecule has 0 radical (unpaired) electrons. The highest BCUT2D eigenvalue weighted by Gasteiger charge is 2.44. The molecule has 1 aromatic carbocycles. The topological polar surface area (TPSA) is 43.7 Å². The number of fused-ring (bicyclic) bond motifs is 1. The molecule has 0 amide bonds. The molecule has 3 heteroatoms. The van der Waals surface area contributed by atoms with Gasteiger partial charge in [-0.25, -0.2) is 0 Å². The molecule has 0 saturated heterocycles. The molecule has 1 saturated carbocycles. The molecule has 5 atom stereocenters. The standard InChI is InChI=1S/C24H37NO2/c1-25(2)14-8-4-5-9-18-15-20-17-24(27)21(22(20)16-18)12-13-23(26)19-10-6-3-7-11-19/h3,6-7,10-11,15,20-24,26-27H,4-5,8-9,12-14,16-17H2,1-2H3/t20-,21+,22-,23+,24+/m0/s1. The summed E-state index contributed by atoms with van der Waals surface area (Å²) in [6, 6.07) is 9.91. The fraction of sp³-hybridized carbons (Fsp3) is 0.667. The summed E-state index contributed by atoms with van der Waals surface area (Å²) in [6.07, 6.45) is 10.7. The lowest BCUT2D eigenvalue weighted by Gasteiger charge is -2.23. The zero-order valence-electron chi connectivity index (χ0n) is 17.1. The molecule has 3 rings (SSSR count). The third-order valence-corrected chi connectivity index (χ3v) is 6.62. The number of unbranched alkanes of at least 4 members (excludes halogenated alkanes) is 2. The van der Waals surface area contributed by atoms with Gasteiger partial charge in [0.15, 0.2) is 0 Å². The number of allylic oxidation sites excluding steroid dienone is 2. The maximum atomic E-state index is 10.5. The van der Waals surface area contributed by atoms with Crippen molar-refractivity contribution in [3.05, 3.63) is 47.5 Å². The van der Waals surface area contributed by atoms with E-state index in [4.69, 9.17) is 0 Å². The van der Waals surface area contributed by atoms with Gasteiger partial charge in [0.05, 0.1) is 12.2 Å². The highest BCUT2D eigenvalue weighted by molar-refractivity contribution is 5.19. The molecular formula is C24H37NO2. The van der Waals surface area contributed by atoms with Crippen molar-refractivity contribution in [2.45, 2.75) is 63.6 Å². The quantitative estimate of drug-likeness (QED) is 0.468. The van der Waals surface area contributed by atoms with Gasteiger partial charge in [0, 0.05) is 0 Å². The van der Waals surface area contributed by atoms with Crippen LogP contribution < -0.4 is 0 Å². The highest BCUT2D eigenvalue weighted by atomic mass is 16.3. The molecule has 0 spiro atoms. The molecule has 150 valence electrons. The molecule has 0 aliphatic heterocycles. The van der Waals surface area contributed by atoms with E-state index >= 15 is 0 Å². The number of aliphatic hydroxyl groups excluding tert-OH is 2. The largest absolute Gasteiger partial charge is 0.393 e. The van der Waals surface area contributed by atoms with Crippen molar-refractivity contribution in [1.82, 2.24) is 4.90 Å². The number of rotatable bonds is 10. The lowest BCUT2D eigenvalue weighted by atomic mass is 9.84. The van der Waals surface area contributed by atoms with E-state index in [-0.39, 0.29) is 6.10 Å². The van der Waals surface area contributed by atoms with Crippen LogP contribution in [0.1, 0.15) is 63.0 Å². The van der Waals surface area contributed by atoms with Crippen LogP contribution >= 0.6 is 0 Å². The molecule has 0 bridgehead atoms. The van der Waals surface area contributed by atoms with Crippen molar-refractivity contribution in [2.75, 3.05) is 20.6 Å². The normalized spacial score (nSPS) is 28.4. The minimum absolute atomic E-state index is 0.194. The van der Waals surface area contributed by atoms with Crippen molar-refractivity contribution in [2.24, 2.45) is 17.8 Å². The van der Waals surface area contributed by atoms with Gasteiger partial charge in [-0.05, 0) is 88.9 Å². The zero-order valence-corrected chi connectivity index (χ0v) is 17.1. The maximum Gasteiger partial charge on any atom is 0.0790 e. The molecule has 0 unspecified atom stereocenters. The van der Waals surface area contributed by atoms with Crippen LogP contribution in [0, 0.1) is 17.8 Å². The lowest BCUT2D eigenvalue weighted by molar-refractivity contribution is 0.0908. The summed E-state index contributed by atoms with van der Waals surface area (Å²) in [4.78, 5) is 2.26. The summed E-state index contributed by atoms with van der Waals surface area (Å²) in [5.41, 5.74) is 2.61. The van der Waals surface area contributed by atoms with E-state index in [0.717, 1.165) is 24.8 Å². The summed E-state index contributed by atoms with van der Waals surface area (Å²) in [6.45, 7) is 1.18. The van der Waals surface area contributed by atoms with Gasteiger partial charge in [-0.3, -0.25) is 0 Å². The van der Waals surface area contributed by atoms with Crippen LogP contribution in [0.15, 0.2) is 42.0 Å². The van der Waals surface area contributed by atoms with Gasteiger partial charge in [-0.1, -0.05) is 48.4 Å². The fourth-order valence-electron chi connectivity index (χ4n) is 5.14. The van der Waals surface area contributed by atoms with Gasteiger partial charge < -0.3 is 15.1 Å². The smallest absolute Gasteiger partial charge is 0.0790 e. The van der Waals surface area contributed by atoms with Crippen LogP contribution in [-0.4, -0.2) is 41.9 Å². The lowest BCUT2D eigenvalue weighted by Crippen LogP contribution is -2.20. The van der Waals surface area contributed by atoms with E-state index < -0.39 is 6.10 Å². The Morgan fingerprint density at radius 3 is 2.63 bits per heavy atom. The summed E-state index contributed by atoms with van der Waals surface area (Å²) in [5, 5.41) is 21.0. The molecule has 0 aromatic heterocycles. The number of nitrogens with zero attached hydrogens (tertiary/aromatic N) is 1. The average Bonchev–Trinajstić information content (AvgIpc) is 3.16. The predicted octanol–water partition coefficient (Wildman–Crippen LogP) is 4.57. The average molecular weight is 372 g/mol. The molecule has 2 aliphatic rings. The molecule has 2 aliphatic carbocycles. The van der Waals surface area contributed by atoms with E-state index in [9.17, 15) is 10.2 Å². The molecule has 2 N–H and O–H groups in total. The van der Waals surface area contributed by atoms with Crippen molar-refractivity contribution < 1.29 is 10.2 Å². The monoisotopic (exact) mass is 371 g/mol. The third-order valence-electron chi connectivity index (χ3n) is 6.62. The van der Waals surface area contributed by atoms with E-state index in [1.165, 1.54) is 38.6 Å². The van der Waals surface area contributed by atoms with E-state index in [1.807, 2.05) is 30.3 Å². The summed E-state index contributed by atoms with van der Waals surface area (Å²) in [7, 11) is 4.28. The van der Waals surface area contributed by atoms with Gasteiger partial charge in [-0.15, -0.1) is 0 Å². The summed E-state index contributed by atoms with van der Waals surface area (Å²) < 4.78 is 0. The molecule has 1 aromatic rings. The van der Waals surface area contributed by atoms with Crippen LogP contribution in [0.2, 0.25) is 0 Å². The Morgan fingerprint density at radius 2 is 1.89 bits per heavy atom. The molecule has 27 heavy (non-hydrogen) atoms. The Labute approximate surface area is 165 Å². The number of hydrogen-bond donors (Lipinski definition) is 2. The van der Waals surface area contributed by atoms with Crippen molar-refractivity contribution in [3.63, 3.8) is 0 Å². The number of aliphatic hydroxyl groups is 2. The summed E-state index contributed by atoms with van der Waals surface area (Å²) in [5.74, 6) is 1.51. The Bertz CT molecular complexity index is 598. The fourth-order valence-corrected chi connectivity index (χ4v) is 5.14. The molecular weight excluding hydrogens is 334 g/mol. The molecule has 0 heterocycles. The van der Waals surface area contributed by atoms with Crippen LogP contribution in [-0.2, 0) is 0 Å². The van der Waals surface area contributed by atoms with Gasteiger partial charge >= 0.3 is 0 Å². The van der Waals surface area contributed by atoms with Crippen LogP contribution in [0.3, 0.4) is 0 Å². The van der Waals surface area contributed by atoms with E-state index in [2.05, 4.69) is 25.1 Å². The second-order valence-electron chi connectivity index (χ2n) is 8.94. The van der Waals surface area contributed by atoms with Gasteiger partial charge in [0.2, 0.25) is 0 Å². The predicted molar refractivity (Wildman–Crippen MR) is 111 cm³/mol. The first kappa shape index (κ1) is 20.6. The van der Waals surface area contributed by atoms with Crippen molar-refractivity contribution in [3.8, 4) is 0 Å². The molecule has 3 nitrogen and oxygen atoms in total. The Balaban J connectivity index is 1.43. The first-order valence-electron chi connectivity index (χ1n) is 10.8. The second-order valence-corrected chi connectivity index (χ2v) is 8.94. The Hall–Kier alpha value is -1.16. The van der Waals surface area contributed by atoms with Crippen LogP contribution in [0.25, 0.3) is 0 Å². The van der Waals surface area contributed by atoms with Crippen molar-refractivity contribution in [1.29, 1.82) is 0 Å². The van der Waals surface area contributed by atoms with Gasteiger partial charge in [0.25, 0.3) is 0 Å². The van der Waals surface area contributed by atoms with Crippen molar-refractivity contribution >= 4 is 0 Å². The minimum Gasteiger partial charge on any atom is -0.393 e. The maximum absolute atomic E-state index is 10.5. The Morgan fingerprint density at radius 1 is 1.11 bits per heavy atom. The first-order chi connectivity index (χ1) is 13.0. The highest BCUT2D eigenvalue weighted by Crippen LogP contribution is 2.49. The van der Waals surface area contributed by atoms with Crippen LogP contribution in [0.5, 0.6) is 0 Å².